The topological polar surface area (TPSA) is 159 Å². The lowest BCUT2D eigenvalue weighted by Gasteiger charge is -2.44. The third kappa shape index (κ3) is 9.06. The van der Waals surface area contributed by atoms with Gasteiger partial charge in [0.25, 0.3) is 0 Å². The molecule has 1 aliphatic heterocycles. The van der Waals surface area contributed by atoms with Gasteiger partial charge in [-0.2, -0.15) is 0 Å². The average molecular weight is 623 g/mol. The lowest BCUT2D eigenvalue weighted by molar-refractivity contribution is -0.308. The summed E-state index contributed by atoms with van der Waals surface area (Å²) in [5.41, 5.74) is 3.41. The van der Waals surface area contributed by atoms with E-state index in [4.69, 9.17) is 33.2 Å². The summed E-state index contributed by atoms with van der Waals surface area (Å²) in [5, 5.41) is 0. The Hall–Kier alpha value is -4.88. The number of pyridine rings is 2. The summed E-state index contributed by atoms with van der Waals surface area (Å²) in [6.07, 6.45) is 0.369. The van der Waals surface area contributed by atoms with E-state index < -0.39 is 54.6 Å². The lowest BCUT2D eigenvalue weighted by atomic mass is 9.98. The van der Waals surface area contributed by atoms with Gasteiger partial charge in [-0.25, -0.2) is 0 Å². The minimum atomic E-state index is -1.33. The van der Waals surface area contributed by atoms with Crippen LogP contribution in [-0.4, -0.2) is 84.4 Å². The summed E-state index contributed by atoms with van der Waals surface area (Å²) in [5.74, 6) is -2.21. The number of nitrogens with zero attached hydrogens (tertiary/aromatic N) is 2. The van der Waals surface area contributed by atoms with E-state index in [-0.39, 0.29) is 19.8 Å². The van der Waals surface area contributed by atoms with E-state index in [1.165, 1.54) is 6.92 Å². The first kappa shape index (κ1) is 33.0. The van der Waals surface area contributed by atoms with Crippen molar-refractivity contribution in [1.29, 1.82) is 0 Å². The van der Waals surface area contributed by atoms with Gasteiger partial charge in [-0.15, -0.1) is 0 Å². The summed E-state index contributed by atoms with van der Waals surface area (Å²) in [4.78, 5) is 55.9. The molecule has 1 fully saturated rings. The molecule has 1 saturated heterocycles. The molecule has 0 spiro atoms. The van der Waals surface area contributed by atoms with Crippen molar-refractivity contribution >= 4 is 23.9 Å². The summed E-state index contributed by atoms with van der Waals surface area (Å²) in [7, 11) is 0. The highest BCUT2D eigenvalue weighted by molar-refractivity contribution is 5.82. The number of ether oxygens (including phenoxy) is 7. The van der Waals surface area contributed by atoms with Gasteiger partial charge in [-0.3, -0.25) is 29.1 Å². The van der Waals surface area contributed by atoms with Crippen LogP contribution in [0.15, 0.2) is 67.3 Å². The molecule has 0 amide bonds. The number of carbonyl (C=O) groups is 4. The maximum Gasteiger partial charge on any atom is 0.303 e. The minimum absolute atomic E-state index is 0.0209. The van der Waals surface area contributed by atoms with Gasteiger partial charge in [0.15, 0.2) is 24.6 Å². The summed E-state index contributed by atoms with van der Waals surface area (Å²) >= 11 is 0. The van der Waals surface area contributed by atoms with Crippen LogP contribution in [0, 0.1) is 0 Å². The van der Waals surface area contributed by atoms with Gasteiger partial charge in [0.2, 0.25) is 0 Å². The highest BCUT2D eigenvalue weighted by Crippen LogP contribution is 2.39. The Morgan fingerprint density at radius 1 is 0.667 bits per heavy atom. The first-order chi connectivity index (χ1) is 21.6. The largest absolute Gasteiger partial charge is 0.490 e. The van der Waals surface area contributed by atoms with Gasteiger partial charge in [0.1, 0.15) is 25.1 Å². The van der Waals surface area contributed by atoms with Crippen molar-refractivity contribution in [3.05, 3.63) is 67.3 Å². The van der Waals surface area contributed by atoms with E-state index in [2.05, 4.69) is 9.97 Å². The molecule has 238 valence electrons. The third-order valence-electron chi connectivity index (χ3n) is 6.56. The van der Waals surface area contributed by atoms with Crippen molar-refractivity contribution in [2.45, 2.75) is 58.4 Å². The maximum atomic E-state index is 12.1. The zero-order valence-corrected chi connectivity index (χ0v) is 25.2. The van der Waals surface area contributed by atoms with E-state index in [0.717, 1.165) is 43.0 Å². The molecule has 3 aromatic rings. The fourth-order valence-corrected chi connectivity index (χ4v) is 4.84. The molecule has 2 aromatic heterocycles. The molecular formula is C32H34N2O11. The van der Waals surface area contributed by atoms with Gasteiger partial charge < -0.3 is 33.2 Å². The lowest BCUT2D eigenvalue weighted by Crippen LogP contribution is -2.63. The Morgan fingerprint density at radius 2 is 1.18 bits per heavy atom. The first-order valence-corrected chi connectivity index (χ1v) is 14.1. The van der Waals surface area contributed by atoms with Crippen molar-refractivity contribution in [1.82, 2.24) is 9.97 Å². The van der Waals surface area contributed by atoms with Crippen LogP contribution in [0.1, 0.15) is 27.7 Å². The monoisotopic (exact) mass is 622 g/mol. The summed E-state index contributed by atoms with van der Waals surface area (Å²) in [6.45, 7) is 4.25. The van der Waals surface area contributed by atoms with Crippen LogP contribution in [0.25, 0.3) is 22.3 Å². The van der Waals surface area contributed by atoms with Gasteiger partial charge in [0.05, 0.1) is 6.61 Å². The van der Waals surface area contributed by atoms with Crippen molar-refractivity contribution in [3.63, 3.8) is 0 Å². The molecule has 0 N–H and O–H groups in total. The van der Waals surface area contributed by atoms with E-state index >= 15 is 0 Å². The number of hydrogen-bond donors (Lipinski definition) is 0. The summed E-state index contributed by atoms with van der Waals surface area (Å²) < 4.78 is 39.7. The Labute approximate surface area is 259 Å². The molecule has 13 nitrogen and oxygen atoms in total. The van der Waals surface area contributed by atoms with Crippen LogP contribution in [-0.2, 0) is 47.6 Å². The number of hydrogen-bond acceptors (Lipinski definition) is 13. The second kappa shape index (κ2) is 15.7. The molecule has 0 saturated carbocycles. The molecule has 3 unspecified atom stereocenters. The van der Waals surface area contributed by atoms with Crippen molar-refractivity contribution in [2.75, 3.05) is 19.8 Å². The van der Waals surface area contributed by atoms with Gasteiger partial charge in [0, 0.05) is 63.6 Å². The molecule has 0 bridgehead atoms. The van der Waals surface area contributed by atoms with Crippen LogP contribution >= 0.6 is 0 Å². The van der Waals surface area contributed by atoms with Crippen molar-refractivity contribution in [3.8, 4) is 28.0 Å². The van der Waals surface area contributed by atoms with Crippen LogP contribution in [0.4, 0.5) is 0 Å². The van der Waals surface area contributed by atoms with Crippen LogP contribution in [0.5, 0.6) is 5.75 Å². The molecule has 1 aromatic carbocycles. The Bertz CT molecular complexity index is 1410. The Morgan fingerprint density at radius 3 is 1.69 bits per heavy atom. The number of para-hydroxylation sites is 1. The molecule has 5 atom stereocenters. The van der Waals surface area contributed by atoms with Crippen molar-refractivity contribution < 1.29 is 52.3 Å². The molecular weight excluding hydrogens is 588 g/mol. The second-order valence-corrected chi connectivity index (χ2v) is 9.94. The minimum Gasteiger partial charge on any atom is -0.490 e. The molecule has 0 radical (unpaired) electrons. The number of benzene rings is 1. The molecule has 3 heterocycles. The zero-order valence-electron chi connectivity index (χ0n) is 25.2. The first-order valence-electron chi connectivity index (χ1n) is 14.1. The standard InChI is InChI=1S/C32H34N2O11/c1-19(35)41-18-27-29(42-20(2)36)30(43-21(3)37)31(44-22(4)38)32(45-27)40-17-16-39-28-25(23-8-12-33-13-9-23)6-5-7-26(28)24-10-14-34-15-11-24/h5-15,27,29-32H,16-18H2,1-4H3/t27?,29-,30?,31?,32-/m1/s1. The number of rotatable bonds is 12. The predicted octanol–water partition coefficient (Wildman–Crippen LogP) is 3.29. The third-order valence-corrected chi connectivity index (χ3v) is 6.56. The fraction of sp³-hybridized carbons (Fsp3) is 0.375. The Kier molecular flexibility index (Phi) is 11.5. The zero-order chi connectivity index (χ0) is 32.3. The van der Waals surface area contributed by atoms with E-state index in [9.17, 15) is 19.2 Å². The number of carbonyl (C=O) groups excluding carboxylic acids is 4. The summed E-state index contributed by atoms with van der Waals surface area (Å²) in [6, 6.07) is 13.2. The smallest absolute Gasteiger partial charge is 0.303 e. The van der Waals surface area contributed by atoms with Crippen molar-refractivity contribution in [2.24, 2.45) is 0 Å². The highest BCUT2D eigenvalue weighted by Gasteiger charge is 2.52. The van der Waals surface area contributed by atoms with Crippen LogP contribution < -0.4 is 4.74 Å². The van der Waals surface area contributed by atoms with Gasteiger partial charge >= 0.3 is 23.9 Å². The van der Waals surface area contributed by atoms with E-state index in [1.807, 2.05) is 42.5 Å². The quantitative estimate of drug-likeness (QED) is 0.165. The van der Waals surface area contributed by atoms with Crippen LogP contribution in [0.2, 0.25) is 0 Å². The Balaban J connectivity index is 1.59. The predicted molar refractivity (Wildman–Crippen MR) is 156 cm³/mol. The molecule has 0 aliphatic carbocycles. The van der Waals surface area contributed by atoms with Gasteiger partial charge in [-0.05, 0) is 35.4 Å². The van der Waals surface area contributed by atoms with E-state index in [0.29, 0.717) is 5.75 Å². The molecule has 1 aliphatic rings. The average Bonchev–Trinajstić information content (AvgIpc) is 3.01. The SMILES string of the molecule is CC(=O)OCC1O[C@@H](OCCOc2c(-c3ccncc3)cccc2-c2ccncc2)C(OC(C)=O)C(OC(C)=O)[C@@H]1OC(C)=O. The fourth-order valence-electron chi connectivity index (χ4n) is 4.84. The van der Waals surface area contributed by atoms with Gasteiger partial charge in [-0.1, -0.05) is 18.2 Å². The maximum absolute atomic E-state index is 12.1. The highest BCUT2D eigenvalue weighted by atomic mass is 16.7. The van der Waals surface area contributed by atoms with Crippen LogP contribution in [0.3, 0.4) is 0 Å². The number of aromatic nitrogens is 2. The number of esters is 4. The molecule has 45 heavy (non-hydrogen) atoms. The second-order valence-electron chi connectivity index (χ2n) is 9.94. The molecule has 4 rings (SSSR count). The molecule has 13 heteroatoms. The van der Waals surface area contributed by atoms with E-state index in [1.54, 1.807) is 24.8 Å². The normalized spacial score (nSPS) is 20.8.